The molecule has 2 unspecified atom stereocenters. The Morgan fingerprint density at radius 1 is 1.19 bits per heavy atom. The number of benzene rings is 2. The van der Waals surface area contributed by atoms with Gasteiger partial charge in [0.2, 0.25) is 0 Å². The van der Waals surface area contributed by atoms with Gasteiger partial charge in [0.05, 0.1) is 37.7 Å². The molecule has 4 nitrogen and oxygen atoms in total. The van der Waals surface area contributed by atoms with Crippen molar-refractivity contribution in [2.45, 2.75) is 50.7 Å². The van der Waals surface area contributed by atoms with E-state index < -0.39 is 5.41 Å². The summed E-state index contributed by atoms with van der Waals surface area (Å²) in [6, 6.07) is 18.1. The van der Waals surface area contributed by atoms with Crippen LogP contribution in [0.1, 0.15) is 42.9 Å². The molecule has 3 rings (SSSR count). The number of methoxy groups -OCH3 is 1. The van der Waals surface area contributed by atoms with Crippen LogP contribution in [0.5, 0.6) is 5.75 Å². The molecule has 0 radical (unpaired) electrons. The summed E-state index contributed by atoms with van der Waals surface area (Å²) < 4.78 is 11.4. The summed E-state index contributed by atoms with van der Waals surface area (Å²) in [5.41, 5.74) is 2.32. The Hall–Kier alpha value is -2.64. The smallest absolute Gasteiger partial charge is 0.144 e. The Bertz CT molecular complexity index is 840. The topological polar surface area (TPSA) is 59.3 Å². The molecule has 0 fully saturated rings. The van der Waals surface area contributed by atoms with Crippen LogP contribution in [0.4, 0.5) is 0 Å². The second-order valence-electron chi connectivity index (χ2n) is 7.17. The third kappa shape index (κ3) is 4.04. The predicted octanol–water partition coefficient (Wildman–Crippen LogP) is 4.36. The number of carbonyl (C=O) groups is 1. The molecule has 0 aromatic heterocycles. The van der Waals surface area contributed by atoms with E-state index in [0.29, 0.717) is 31.6 Å². The number of hydrogen-bond donors (Lipinski definition) is 0. The fourth-order valence-electron chi connectivity index (χ4n) is 3.97. The molecular weight excluding hydrogens is 338 g/mol. The maximum Gasteiger partial charge on any atom is 0.144 e. The zero-order valence-corrected chi connectivity index (χ0v) is 15.9. The molecule has 2 aromatic rings. The maximum atomic E-state index is 13.0. The van der Waals surface area contributed by atoms with Crippen molar-refractivity contribution in [2.24, 2.45) is 0 Å². The monoisotopic (exact) mass is 363 g/mol. The number of carbonyl (C=O) groups excluding carboxylic acids is 1. The summed E-state index contributed by atoms with van der Waals surface area (Å²) in [7, 11) is 1.62. The van der Waals surface area contributed by atoms with Gasteiger partial charge in [0.15, 0.2) is 0 Å². The molecule has 0 amide bonds. The molecule has 1 aliphatic rings. The SMILES string of the molecule is COc1ccc2c(c1)C(CC#N)(CC(C)OCc1ccccc1)C(=O)CC2. The number of aryl methyl sites for hydroxylation is 1. The summed E-state index contributed by atoms with van der Waals surface area (Å²) in [6.07, 6.45) is 1.67. The van der Waals surface area contributed by atoms with Crippen LogP contribution >= 0.6 is 0 Å². The fraction of sp³-hybridized carbons (Fsp3) is 0.391. The molecule has 0 N–H and O–H groups in total. The van der Waals surface area contributed by atoms with Crippen molar-refractivity contribution < 1.29 is 14.3 Å². The van der Waals surface area contributed by atoms with Crippen LogP contribution in [0, 0.1) is 11.3 Å². The van der Waals surface area contributed by atoms with Crippen LogP contribution in [-0.2, 0) is 28.0 Å². The van der Waals surface area contributed by atoms with Gasteiger partial charge in [0.25, 0.3) is 0 Å². The molecule has 2 aromatic carbocycles. The number of ketones is 1. The normalized spacial score (nSPS) is 19.8. The van der Waals surface area contributed by atoms with Gasteiger partial charge < -0.3 is 9.47 Å². The van der Waals surface area contributed by atoms with E-state index in [2.05, 4.69) is 6.07 Å². The summed E-state index contributed by atoms with van der Waals surface area (Å²) in [6.45, 7) is 2.47. The summed E-state index contributed by atoms with van der Waals surface area (Å²) in [5.74, 6) is 0.837. The highest BCUT2D eigenvalue weighted by Crippen LogP contribution is 2.43. The molecule has 4 heteroatoms. The first-order valence-electron chi connectivity index (χ1n) is 9.32. The number of Topliss-reactive ketones (excluding diaryl/α,β-unsaturated/α-hetero) is 1. The molecule has 0 heterocycles. The minimum Gasteiger partial charge on any atom is -0.497 e. The Balaban J connectivity index is 1.87. The van der Waals surface area contributed by atoms with Gasteiger partial charge in [0.1, 0.15) is 11.5 Å². The van der Waals surface area contributed by atoms with Gasteiger partial charge in [-0.3, -0.25) is 4.79 Å². The van der Waals surface area contributed by atoms with Crippen molar-refractivity contribution in [2.75, 3.05) is 7.11 Å². The molecule has 27 heavy (non-hydrogen) atoms. The fourth-order valence-corrected chi connectivity index (χ4v) is 3.97. The lowest BCUT2D eigenvalue weighted by atomic mass is 9.64. The van der Waals surface area contributed by atoms with Gasteiger partial charge in [-0.05, 0) is 48.6 Å². The van der Waals surface area contributed by atoms with Gasteiger partial charge >= 0.3 is 0 Å². The van der Waals surface area contributed by atoms with Crippen LogP contribution in [0.25, 0.3) is 0 Å². The van der Waals surface area contributed by atoms with Crippen LogP contribution in [0.3, 0.4) is 0 Å². The zero-order chi connectivity index (χ0) is 19.3. The second kappa shape index (κ2) is 8.37. The van der Waals surface area contributed by atoms with Crippen molar-refractivity contribution >= 4 is 5.78 Å². The lowest BCUT2D eigenvalue weighted by Gasteiger charge is -2.38. The van der Waals surface area contributed by atoms with Gasteiger partial charge in [0, 0.05) is 6.42 Å². The number of nitriles is 1. The minimum absolute atomic E-state index is 0.125. The standard InChI is InChI=1S/C23H25NO3/c1-17(27-16-18-6-4-3-5-7-18)15-23(12-13-24)21-14-20(26-2)10-8-19(21)9-11-22(23)25/h3-8,10,14,17H,9,11-12,15-16H2,1-2H3. The zero-order valence-electron chi connectivity index (χ0n) is 15.9. The van der Waals surface area contributed by atoms with Crippen LogP contribution in [0.2, 0.25) is 0 Å². The van der Waals surface area contributed by atoms with Crippen LogP contribution < -0.4 is 4.74 Å². The number of nitrogens with zero attached hydrogens (tertiary/aromatic N) is 1. The Morgan fingerprint density at radius 3 is 2.67 bits per heavy atom. The number of hydrogen-bond acceptors (Lipinski definition) is 4. The highest BCUT2D eigenvalue weighted by Gasteiger charge is 2.44. The van der Waals surface area contributed by atoms with E-state index in [1.807, 2.05) is 55.5 Å². The first-order valence-corrected chi connectivity index (χ1v) is 9.32. The first-order chi connectivity index (χ1) is 13.1. The van der Waals surface area contributed by atoms with Gasteiger partial charge in [-0.1, -0.05) is 36.4 Å². The van der Waals surface area contributed by atoms with E-state index in [1.54, 1.807) is 7.11 Å². The lowest BCUT2D eigenvalue weighted by Crippen LogP contribution is -2.42. The van der Waals surface area contributed by atoms with Crippen molar-refractivity contribution in [1.29, 1.82) is 5.26 Å². The first kappa shape index (κ1) is 19.1. The molecule has 1 aliphatic carbocycles. The van der Waals surface area contributed by atoms with Gasteiger partial charge in [-0.2, -0.15) is 5.26 Å². The molecule has 0 aliphatic heterocycles. The van der Waals surface area contributed by atoms with Crippen LogP contribution in [-0.4, -0.2) is 19.0 Å². The van der Waals surface area contributed by atoms with Crippen LogP contribution in [0.15, 0.2) is 48.5 Å². The molecule has 140 valence electrons. The Kier molecular flexibility index (Phi) is 5.93. The third-order valence-electron chi connectivity index (χ3n) is 5.38. The van der Waals surface area contributed by atoms with Gasteiger partial charge in [-0.15, -0.1) is 0 Å². The molecule has 0 spiro atoms. The summed E-state index contributed by atoms with van der Waals surface area (Å²) in [4.78, 5) is 13.0. The van der Waals surface area contributed by atoms with E-state index in [1.165, 1.54) is 0 Å². The average molecular weight is 363 g/mol. The Labute approximate surface area is 160 Å². The molecular formula is C23H25NO3. The predicted molar refractivity (Wildman–Crippen MR) is 104 cm³/mol. The molecule has 0 bridgehead atoms. The van der Waals surface area contributed by atoms with E-state index in [4.69, 9.17) is 9.47 Å². The number of ether oxygens (including phenoxy) is 2. The third-order valence-corrected chi connectivity index (χ3v) is 5.38. The van der Waals surface area contributed by atoms with Gasteiger partial charge in [-0.25, -0.2) is 0 Å². The Morgan fingerprint density at radius 2 is 1.96 bits per heavy atom. The highest BCUT2D eigenvalue weighted by molar-refractivity contribution is 5.93. The number of fused-ring (bicyclic) bond motifs is 1. The second-order valence-corrected chi connectivity index (χ2v) is 7.17. The summed E-state index contributed by atoms with van der Waals surface area (Å²) >= 11 is 0. The molecule has 0 saturated heterocycles. The maximum absolute atomic E-state index is 13.0. The lowest BCUT2D eigenvalue weighted by molar-refractivity contribution is -0.126. The summed E-state index contributed by atoms with van der Waals surface area (Å²) in [5, 5.41) is 9.50. The average Bonchev–Trinajstić information content (AvgIpc) is 2.70. The van der Waals surface area contributed by atoms with E-state index in [-0.39, 0.29) is 18.3 Å². The van der Waals surface area contributed by atoms with E-state index in [0.717, 1.165) is 16.7 Å². The van der Waals surface area contributed by atoms with Crippen molar-refractivity contribution in [1.82, 2.24) is 0 Å². The number of rotatable bonds is 7. The highest BCUT2D eigenvalue weighted by atomic mass is 16.5. The minimum atomic E-state index is -0.826. The van der Waals surface area contributed by atoms with Crippen molar-refractivity contribution in [3.8, 4) is 11.8 Å². The quantitative estimate of drug-likeness (QED) is 0.733. The van der Waals surface area contributed by atoms with Crippen molar-refractivity contribution in [3.63, 3.8) is 0 Å². The van der Waals surface area contributed by atoms with Crippen molar-refractivity contribution in [3.05, 3.63) is 65.2 Å². The molecule has 2 atom stereocenters. The van der Waals surface area contributed by atoms with E-state index >= 15 is 0 Å². The largest absolute Gasteiger partial charge is 0.497 e. The molecule has 0 saturated carbocycles. The van der Waals surface area contributed by atoms with E-state index in [9.17, 15) is 10.1 Å².